The van der Waals surface area contributed by atoms with Crippen molar-refractivity contribution < 1.29 is 4.79 Å². The number of thioether (sulfide) groups is 1. The Hall–Kier alpha value is -2.60. The molecule has 1 amide bonds. The number of benzene rings is 2. The van der Waals surface area contributed by atoms with E-state index in [0.29, 0.717) is 19.5 Å². The minimum absolute atomic E-state index is 0.216. The number of hydrogen-bond acceptors (Lipinski definition) is 4. The maximum atomic E-state index is 12.3. The maximum Gasteiger partial charge on any atom is 0.223 e. The van der Waals surface area contributed by atoms with Crippen LogP contribution < -0.4 is 0 Å². The first-order valence-corrected chi connectivity index (χ1v) is 9.71. The van der Waals surface area contributed by atoms with E-state index >= 15 is 0 Å². The van der Waals surface area contributed by atoms with Crippen molar-refractivity contribution in [3.63, 3.8) is 0 Å². The Morgan fingerprint density at radius 2 is 1.73 bits per heavy atom. The molecule has 1 saturated heterocycles. The fraction of sp³-hybridized carbons (Fsp3) is 0.250. The van der Waals surface area contributed by atoms with Crippen LogP contribution in [0.1, 0.15) is 12.5 Å². The van der Waals surface area contributed by atoms with E-state index in [1.165, 1.54) is 4.90 Å². The molecule has 6 heteroatoms. The number of likely N-dealkylation sites (tertiary alicyclic amines) is 1. The summed E-state index contributed by atoms with van der Waals surface area (Å²) in [7, 11) is 0. The Morgan fingerprint density at radius 3 is 2.46 bits per heavy atom. The number of aromatic nitrogens is 3. The second-order valence-electron chi connectivity index (χ2n) is 6.31. The number of carbonyl (C=O) groups excluding carboxylic acids is 1. The quantitative estimate of drug-likeness (QED) is 0.628. The van der Waals surface area contributed by atoms with Gasteiger partial charge in [-0.2, -0.15) is 0 Å². The van der Waals surface area contributed by atoms with Crippen LogP contribution in [0.4, 0.5) is 0 Å². The van der Waals surface area contributed by atoms with Gasteiger partial charge in [0, 0.05) is 35.7 Å². The van der Waals surface area contributed by atoms with Gasteiger partial charge in [-0.05, 0) is 12.1 Å². The lowest BCUT2D eigenvalue weighted by molar-refractivity contribution is -0.136. The van der Waals surface area contributed by atoms with E-state index < -0.39 is 0 Å². The lowest BCUT2D eigenvalue weighted by Gasteiger charge is -2.38. The third-order valence-corrected chi connectivity index (χ3v) is 5.51. The summed E-state index contributed by atoms with van der Waals surface area (Å²) in [4.78, 5) is 15.4. The Kier molecular flexibility index (Phi) is 5.02. The fourth-order valence-corrected chi connectivity index (χ4v) is 3.82. The van der Waals surface area contributed by atoms with E-state index in [1.54, 1.807) is 11.8 Å². The van der Waals surface area contributed by atoms with Gasteiger partial charge in [0.25, 0.3) is 0 Å². The maximum absolute atomic E-state index is 12.3. The average molecular weight is 364 g/mol. The Morgan fingerprint density at radius 1 is 1.04 bits per heavy atom. The molecule has 0 atom stereocenters. The smallest absolute Gasteiger partial charge is 0.223 e. The van der Waals surface area contributed by atoms with E-state index in [-0.39, 0.29) is 11.9 Å². The lowest BCUT2D eigenvalue weighted by atomic mass is 10.1. The molecule has 0 N–H and O–H groups in total. The number of carbonyl (C=O) groups is 1. The molecule has 0 saturated carbocycles. The van der Waals surface area contributed by atoms with E-state index in [0.717, 1.165) is 17.0 Å². The third kappa shape index (κ3) is 3.80. The van der Waals surface area contributed by atoms with Crippen molar-refractivity contribution in [3.8, 4) is 11.3 Å². The van der Waals surface area contributed by atoms with Crippen LogP contribution in [0.2, 0.25) is 0 Å². The van der Waals surface area contributed by atoms with Crippen molar-refractivity contribution >= 4 is 17.7 Å². The molecule has 5 nitrogen and oxygen atoms in total. The van der Waals surface area contributed by atoms with Gasteiger partial charge in [0.1, 0.15) is 5.69 Å². The molecule has 4 rings (SSSR count). The van der Waals surface area contributed by atoms with Gasteiger partial charge in [0.15, 0.2) is 0 Å². The van der Waals surface area contributed by atoms with Crippen molar-refractivity contribution in [3.05, 3.63) is 66.9 Å². The molecule has 2 heterocycles. The van der Waals surface area contributed by atoms with Crippen LogP contribution in [0.3, 0.4) is 0 Å². The van der Waals surface area contributed by atoms with Crippen LogP contribution >= 0.6 is 11.8 Å². The molecule has 1 aromatic heterocycles. The van der Waals surface area contributed by atoms with Gasteiger partial charge in [0.2, 0.25) is 5.91 Å². The van der Waals surface area contributed by atoms with Gasteiger partial charge in [-0.25, -0.2) is 4.68 Å². The number of hydrogen-bond donors (Lipinski definition) is 0. The first-order chi connectivity index (χ1) is 12.8. The zero-order valence-corrected chi connectivity index (χ0v) is 15.2. The minimum Gasteiger partial charge on any atom is -0.338 e. The van der Waals surface area contributed by atoms with Crippen LogP contribution in [-0.4, -0.2) is 44.6 Å². The van der Waals surface area contributed by atoms with E-state index in [9.17, 15) is 4.79 Å². The average Bonchev–Trinajstić information content (AvgIpc) is 3.12. The summed E-state index contributed by atoms with van der Waals surface area (Å²) in [5.41, 5.74) is 1.93. The highest BCUT2D eigenvalue weighted by Gasteiger charge is 2.32. The van der Waals surface area contributed by atoms with Gasteiger partial charge < -0.3 is 4.90 Å². The van der Waals surface area contributed by atoms with Crippen LogP contribution in [0.25, 0.3) is 11.3 Å². The summed E-state index contributed by atoms with van der Waals surface area (Å²) in [6.07, 6.45) is 2.53. The van der Waals surface area contributed by atoms with E-state index in [4.69, 9.17) is 0 Å². The Labute approximate surface area is 157 Å². The molecule has 0 aliphatic carbocycles. The van der Waals surface area contributed by atoms with Crippen LogP contribution in [0.5, 0.6) is 0 Å². The summed E-state index contributed by atoms with van der Waals surface area (Å²) in [6, 6.07) is 20.4. The summed E-state index contributed by atoms with van der Waals surface area (Å²) < 4.78 is 1.88. The molecule has 1 fully saturated rings. The molecular weight excluding hydrogens is 344 g/mol. The predicted octanol–water partition coefficient (Wildman–Crippen LogP) is 3.51. The molecule has 0 unspecified atom stereocenters. The number of nitrogens with zero attached hydrogens (tertiary/aromatic N) is 4. The van der Waals surface area contributed by atoms with Crippen molar-refractivity contribution in [1.82, 2.24) is 19.9 Å². The minimum atomic E-state index is 0.216. The molecule has 2 aromatic carbocycles. The van der Waals surface area contributed by atoms with Crippen molar-refractivity contribution in [1.29, 1.82) is 0 Å². The summed E-state index contributed by atoms with van der Waals surface area (Å²) in [5, 5.41) is 8.48. The summed E-state index contributed by atoms with van der Waals surface area (Å²) in [6.45, 7) is 1.43. The molecule has 0 spiro atoms. The lowest BCUT2D eigenvalue weighted by Crippen LogP contribution is -2.51. The number of amides is 1. The standard InChI is InChI=1S/C20H20N4OS/c25-20(11-12-26-18-9-5-2-6-10-18)23-13-17(14-23)24-15-19(21-22-24)16-7-3-1-4-8-16/h1-10,15,17H,11-14H2. The largest absolute Gasteiger partial charge is 0.338 e. The second-order valence-corrected chi connectivity index (χ2v) is 7.48. The molecule has 1 aliphatic heterocycles. The molecule has 0 bridgehead atoms. The zero-order chi connectivity index (χ0) is 17.8. The summed E-state index contributed by atoms with van der Waals surface area (Å²) in [5.74, 6) is 1.03. The first-order valence-electron chi connectivity index (χ1n) is 8.72. The normalized spacial score (nSPS) is 14.2. The summed E-state index contributed by atoms with van der Waals surface area (Å²) >= 11 is 1.72. The van der Waals surface area contributed by atoms with Gasteiger partial charge in [-0.3, -0.25) is 4.79 Å². The highest BCUT2D eigenvalue weighted by atomic mass is 32.2. The highest BCUT2D eigenvalue weighted by molar-refractivity contribution is 7.99. The molecule has 132 valence electrons. The van der Waals surface area contributed by atoms with Crippen LogP contribution in [0.15, 0.2) is 71.8 Å². The van der Waals surface area contributed by atoms with Gasteiger partial charge in [-0.1, -0.05) is 53.7 Å². The SMILES string of the molecule is O=C(CCSc1ccccc1)N1CC(n2cc(-c3ccccc3)nn2)C1. The van der Waals surface area contributed by atoms with Crippen molar-refractivity contribution in [2.45, 2.75) is 17.4 Å². The van der Waals surface area contributed by atoms with Crippen molar-refractivity contribution in [2.75, 3.05) is 18.8 Å². The van der Waals surface area contributed by atoms with Crippen molar-refractivity contribution in [2.24, 2.45) is 0 Å². The predicted molar refractivity (Wildman–Crippen MR) is 103 cm³/mol. The molecule has 1 aliphatic rings. The van der Waals surface area contributed by atoms with Crippen LogP contribution in [0, 0.1) is 0 Å². The third-order valence-electron chi connectivity index (χ3n) is 4.50. The Bertz CT molecular complexity index is 860. The van der Waals surface area contributed by atoms with Gasteiger partial charge >= 0.3 is 0 Å². The topological polar surface area (TPSA) is 51.0 Å². The molecule has 26 heavy (non-hydrogen) atoms. The molecule has 3 aromatic rings. The second kappa shape index (κ2) is 7.74. The fourth-order valence-electron chi connectivity index (χ4n) is 2.95. The van der Waals surface area contributed by atoms with E-state index in [2.05, 4.69) is 22.4 Å². The Balaban J connectivity index is 1.25. The highest BCUT2D eigenvalue weighted by Crippen LogP contribution is 2.25. The number of rotatable bonds is 6. The van der Waals surface area contributed by atoms with Gasteiger partial charge in [-0.15, -0.1) is 16.9 Å². The molecular formula is C20H20N4OS. The van der Waals surface area contributed by atoms with Gasteiger partial charge in [0.05, 0.1) is 12.2 Å². The molecule has 0 radical (unpaired) electrons. The van der Waals surface area contributed by atoms with Crippen LogP contribution in [-0.2, 0) is 4.79 Å². The first kappa shape index (κ1) is 16.8. The monoisotopic (exact) mass is 364 g/mol. The zero-order valence-electron chi connectivity index (χ0n) is 14.4. The van der Waals surface area contributed by atoms with E-state index in [1.807, 2.05) is 64.3 Å².